The van der Waals surface area contributed by atoms with Crippen molar-refractivity contribution in [3.8, 4) is 0 Å². The Balaban J connectivity index is 2.27. The van der Waals surface area contributed by atoms with Gasteiger partial charge >= 0.3 is 5.97 Å². The normalized spacial score (nSPS) is 22.5. The highest BCUT2D eigenvalue weighted by molar-refractivity contribution is 6.33. The third kappa shape index (κ3) is 2.64. The number of carboxylic acids is 1. The molecule has 0 radical (unpaired) electrons. The van der Waals surface area contributed by atoms with E-state index >= 15 is 0 Å². The summed E-state index contributed by atoms with van der Waals surface area (Å²) in [7, 11) is 0. The molecule has 2 rings (SSSR count). The second-order valence-corrected chi connectivity index (χ2v) is 4.84. The predicted molar refractivity (Wildman–Crippen MR) is 68.9 cm³/mol. The average Bonchev–Trinajstić information content (AvgIpc) is 2.74. The first-order valence-corrected chi connectivity index (χ1v) is 6.05. The summed E-state index contributed by atoms with van der Waals surface area (Å²) in [4.78, 5) is 24.4. The SMILES string of the molecule is Nc1cc(C(=O)N2C[C@H](O)C[C@@H]2C(=O)O)ccc1Cl. The number of hydrogen-bond donors (Lipinski definition) is 3. The number of carbonyl (C=O) groups is 2. The van der Waals surface area contributed by atoms with Crippen molar-refractivity contribution < 1.29 is 19.8 Å². The molecule has 1 aromatic carbocycles. The Bertz CT molecular complexity index is 534. The Morgan fingerprint density at radius 2 is 2.11 bits per heavy atom. The van der Waals surface area contributed by atoms with Crippen LogP contribution in [-0.2, 0) is 4.79 Å². The molecule has 2 atom stereocenters. The number of nitrogens with zero attached hydrogens (tertiary/aromatic N) is 1. The molecule has 1 aliphatic rings. The Kier molecular flexibility index (Phi) is 3.64. The molecule has 1 saturated heterocycles. The summed E-state index contributed by atoms with van der Waals surface area (Å²) in [6, 6.07) is 3.34. The minimum atomic E-state index is -1.13. The van der Waals surface area contributed by atoms with Crippen molar-refractivity contribution in [1.29, 1.82) is 0 Å². The molecule has 1 aromatic rings. The van der Waals surface area contributed by atoms with E-state index in [1.54, 1.807) is 0 Å². The minimum Gasteiger partial charge on any atom is -0.480 e. The summed E-state index contributed by atoms with van der Waals surface area (Å²) in [5.41, 5.74) is 6.11. The fraction of sp³-hybridized carbons (Fsp3) is 0.333. The summed E-state index contributed by atoms with van der Waals surface area (Å²) in [5, 5.41) is 18.9. The second-order valence-electron chi connectivity index (χ2n) is 4.44. The van der Waals surface area contributed by atoms with Crippen LogP contribution in [0.1, 0.15) is 16.8 Å². The number of halogens is 1. The van der Waals surface area contributed by atoms with E-state index in [-0.39, 0.29) is 24.2 Å². The monoisotopic (exact) mass is 284 g/mol. The molecule has 4 N–H and O–H groups in total. The third-order valence-electron chi connectivity index (χ3n) is 3.07. The van der Waals surface area contributed by atoms with Crippen molar-refractivity contribution in [1.82, 2.24) is 4.90 Å². The molecule has 1 amide bonds. The zero-order valence-electron chi connectivity index (χ0n) is 9.91. The number of hydrogen-bond acceptors (Lipinski definition) is 4. The topological polar surface area (TPSA) is 104 Å². The highest BCUT2D eigenvalue weighted by Crippen LogP contribution is 2.24. The first-order chi connectivity index (χ1) is 8.90. The van der Waals surface area contributed by atoms with E-state index in [0.29, 0.717) is 5.02 Å². The first kappa shape index (κ1) is 13.6. The van der Waals surface area contributed by atoms with Crippen LogP contribution in [-0.4, -0.2) is 45.7 Å². The van der Waals surface area contributed by atoms with E-state index in [4.69, 9.17) is 22.4 Å². The highest BCUT2D eigenvalue weighted by Gasteiger charge is 2.39. The molecular weight excluding hydrogens is 272 g/mol. The van der Waals surface area contributed by atoms with Crippen LogP contribution in [0.25, 0.3) is 0 Å². The lowest BCUT2D eigenvalue weighted by atomic mass is 10.1. The number of amides is 1. The van der Waals surface area contributed by atoms with E-state index in [1.807, 2.05) is 0 Å². The van der Waals surface area contributed by atoms with Crippen LogP contribution in [0, 0.1) is 0 Å². The Hall–Kier alpha value is -1.79. The van der Waals surface area contributed by atoms with E-state index < -0.39 is 24.0 Å². The molecule has 1 fully saturated rings. The molecule has 6 nitrogen and oxygen atoms in total. The maximum atomic E-state index is 12.2. The maximum absolute atomic E-state index is 12.2. The molecule has 0 aromatic heterocycles. The summed E-state index contributed by atoms with van der Waals surface area (Å²) >= 11 is 5.76. The Morgan fingerprint density at radius 3 is 2.68 bits per heavy atom. The number of carboxylic acid groups (broad SMARTS) is 1. The van der Waals surface area contributed by atoms with Crippen molar-refractivity contribution in [2.45, 2.75) is 18.6 Å². The number of likely N-dealkylation sites (tertiary alicyclic amines) is 1. The van der Waals surface area contributed by atoms with Crippen LogP contribution in [0.5, 0.6) is 0 Å². The number of aliphatic hydroxyl groups excluding tert-OH is 1. The molecule has 0 unspecified atom stereocenters. The van der Waals surface area contributed by atoms with Crippen LogP contribution in [0.15, 0.2) is 18.2 Å². The van der Waals surface area contributed by atoms with Gasteiger partial charge in [0.15, 0.2) is 0 Å². The molecule has 0 bridgehead atoms. The smallest absolute Gasteiger partial charge is 0.326 e. The van der Waals surface area contributed by atoms with Gasteiger partial charge in [0.2, 0.25) is 0 Å². The van der Waals surface area contributed by atoms with Gasteiger partial charge in [0.1, 0.15) is 6.04 Å². The number of nitrogen functional groups attached to an aromatic ring is 1. The van der Waals surface area contributed by atoms with E-state index in [0.717, 1.165) is 4.90 Å². The average molecular weight is 285 g/mol. The lowest BCUT2D eigenvalue weighted by Crippen LogP contribution is -2.40. The quantitative estimate of drug-likeness (QED) is 0.689. The summed E-state index contributed by atoms with van der Waals surface area (Å²) in [6.45, 7) is -0.00166. The van der Waals surface area contributed by atoms with Crippen molar-refractivity contribution in [2.75, 3.05) is 12.3 Å². The van der Waals surface area contributed by atoms with Crippen LogP contribution in [0.2, 0.25) is 5.02 Å². The van der Waals surface area contributed by atoms with Gasteiger partial charge in [-0.15, -0.1) is 0 Å². The number of β-amino-alcohol motifs (C(OH)–C–C–N with tert-alkyl or cyclic N) is 1. The van der Waals surface area contributed by atoms with Crippen molar-refractivity contribution in [2.24, 2.45) is 0 Å². The number of aliphatic hydroxyl groups is 1. The molecule has 1 aliphatic heterocycles. The molecule has 102 valence electrons. The molecule has 0 spiro atoms. The molecule has 0 saturated carbocycles. The van der Waals surface area contributed by atoms with Crippen LogP contribution >= 0.6 is 11.6 Å². The Labute approximate surface area is 114 Å². The number of nitrogens with two attached hydrogens (primary N) is 1. The lowest BCUT2D eigenvalue weighted by molar-refractivity contribution is -0.141. The van der Waals surface area contributed by atoms with E-state index in [2.05, 4.69) is 0 Å². The van der Waals surface area contributed by atoms with Gasteiger partial charge in [-0.1, -0.05) is 11.6 Å². The summed E-state index contributed by atoms with van der Waals surface area (Å²) in [6.07, 6.45) is -0.792. The van der Waals surface area contributed by atoms with Gasteiger partial charge in [-0.2, -0.15) is 0 Å². The van der Waals surface area contributed by atoms with Gasteiger partial charge in [-0.05, 0) is 18.2 Å². The zero-order valence-corrected chi connectivity index (χ0v) is 10.7. The number of aliphatic carboxylic acids is 1. The number of benzene rings is 1. The molecule has 19 heavy (non-hydrogen) atoms. The van der Waals surface area contributed by atoms with Crippen molar-refractivity contribution >= 4 is 29.2 Å². The zero-order chi connectivity index (χ0) is 14.2. The largest absolute Gasteiger partial charge is 0.480 e. The first-order valence-electron chi connectivity index (χ1n) is 5.67. The van der Waals surface area contributed by atoms with Gasteiger partial charge in [-0.3, -0.25) is 4.79 Å². The van der Waals surface area contributed by atoms with Gasteiger partial charge < -0.3 is 20.8 Å². The van der Waals surface area contributed by atoms with Crippen molar-refractivity contribution in [3.63, 3.8) is 0 Å². The van der Waals surface area contributed by atoms with Crippen LogP contribution < -0.4 is 5.73 Å². The molecular formula is C12H13ClN2O4. The molecule has 0 aliphatic carbocycles. The van der Waals surface area contributed by atoms with Gasteiger partial charge in [-0.25, -0.2) is 4.79 Å². The van der Waals surface area contributed by atoms with Crippen molar-refractivity contribution in [3.05, 3.63) is 28.8 Å². The minimum absolute atomic E-state index is 0.00166. The summed E-state index contributed by atoms with van der Waals surface area (Å²) < 4.78 is 0. The lowest BCUT2D eigenvalue weighted by Gasteiger charge is -2.21. The van der Waals surface area contributed by atoms with Gasteiger partial charge in [0.05, 0.1) is 16.8 Å². The standard InChI is InChI=1S/C12H13ClN2O4/c13-8-2-1-6(3-9(8)14)11(17)15-5-7(16)4-10(15)12(18)19/h1-3,7,10,16H,4-5,14H2,(H,18,19)/t7-,10-/m1/s1. The highest BCUT2D eigenvalue weighted by atomic mass is 35.5. The fourth-order valence-electron chi connectivity index (χ4n) is 2.11. The fourth-order valence-corrected chi connectivity index (χ4v) is 2.23. The summed E-state index contributed by atoms with van der Waals surface area (Å²) in [5.74, 6) is -1.61. The van der Waals surface area contributed by atoms with Gasteiger partial charge in [0.25, 0.3) is 5.91 Å². The van der Waals surface area contributed by atoms with E-state index in [1.165, 1.54) is 18.2 Å². The van der Waals surface area contributed by atoms with Crippen LogP contribution in [0.3, 0.4) is 0 Å². The third-order valence-corrected chi connectivity index (χ3v) is 3.41. The number of carbonyl (C=O) groups excluding carboxylic acids is 1. The molecule has 7 heteroatoms. The van der Waals surface area contributed by atoms with Crippen LogP contribution in [0.4, 0.5) is 5.69 Å². The maximum Gasteiger partial charge on any atom is 0.326 e. The Morgan fingerprint density at radius 1 is 1.42 bits per heavy atom. The van der Waals surface area contributed by atoms with E-state index in [9.17, 15) is 14.7 Å². The number of anilines is 1. The van der Waals surface area contributed by atoms with Gasteiger partial charge in [0, 0.05) is 18.5 Å². The molecule has 1 heterocycles. The number of rotatable bonds is 2. The predicted octanol–water partition coefficient (Wildman–Crippen LogP) is 0.582. The second kappa shape index (κ2) is 5.07.